The summed E-state index contributed by atoms with van der Waals surface area (Å²) in [6.45, 7) is 2.10. The maximum Gasteiger partial charge on any atom is 0.190 e. The Labute approximate surface area is 86.4 Å². The predicted molar refractivity (Wildman–Crippen MR) is 55.6 cm³/mol. The molecule has 0 saturated carbocycles. The number of nitrogens with zero attached hydrogens (tertiary/aromatic N) is 3. The van der Waals surface area contributed by atoms with Crippen LogP contribution < -0.4 is 5.73 Å². The maximum atomic E-state index is 8.39. The Bertz CT molecular complexity index is 312. The Morgan fingerprint density at radius 2 is 2.36 bits per heavy atom. The normalized spacial score (nSPS) is 11.6. The first kappa shape index (κ1) is 10.8. The Morgan fingerprint density at radius 3 is 2.86 bits per heavy atom. The summed E-state index contributed by atoms with van der Waals surface area (Å²) < 4.78 is 0. The smallest absolute Gasteiger partial charge is 0.190 e. The van der Waals surface area contributed by atoms with Crippen molar-refractivity contribution in [2.75, 3.05) is 5.75 Å². The number of thioether (sulfide) groups is 1. The Balaban J connectivity index is 2.68. The molecule has 0 aromatic carbocycles. The number of hydrogen-bond acceptors (Lipinski definition) is 5. The van der Waals surface area contributed by atoms with E-state index in [2.05, 4.69) is 22.0 Å². The van der Waals surface area contributed by atoms with Gasteiger partial charge in [-0.05, 0) is 12.2 Å². The summed E-state index contributed by atoms with van der Waals surface area (Å²) in [5.74, 6) is 0.988. The van der Waals surface area contributed by atoms with Gasteiger partial charge in [-0.25, -0.2) is 9.97 Å². The number of aromatic nitrogens is 2. The molecule has 0 bridgehead atoms. The van der Waals surface area contributed by atoms with Gasteiger partial charge in [0.15, 0.2) is 5.84 Å². The van der Waals surface area contributed by atoms with Crippen LogP contribution in [0.4, 0.5) is 0 Å². The van der Waals surface area contributed by atoms with Crippen molar-refractivity contribution in [3.05, 3.63) is 18.1 Å². The molecule has 6 heteroatoms. The van der Waals surface area contributed by atoms with E-state index in [0.29, 0.717) is 5.69 Å². The number of amidine groups is 1. The highest BCUT2D eigenvalue weighted by molar-refractivity contribution is 7.99. The van der Waals surface area contributed by atoms with Crippen LogP contribution in [-0.2, 0) is 0 Å². The topological polar surface area (TPSA) is 84.4 Å². The molecule has 0 aliphatic rings. The molecule has 14 heavy (non-hydrogen) atoms. The van der Waals surface area contributed by atoms with Crippen LogP contribution in [0, 0.1) is 0 Å². The van der Waals surface area contributed by atoms with Crippen LogP contribution in [0.2, 0.25) is 0 Å². The summed E-state index contributed by atoms with van der Waals surface area (Å²) in [6.07, 6.45) is 4.20. The first-order chi connectivity index (χ1) is 6.77. The van der Waals surface area contributed by atoms with Crippen LogP contribution in [-0.4, -0.2) is 26.8 Å². The second-order valence-electron chi connectivity index (χ2n) is 2.57. The number of nitrogens with two attached hydrogens (primary N) is 1. The molecule has 0 fully saturated rings. The zero-order valence-electron chi connectivity index (χ0n) is 7.84. The lowest BCUT2D eigenvalue weighted by Crippen LogP contribution is -2.15. The quantitative estimate of drug-likeness (QED) is 0.256. The fraction of sp³-hybridized carbons (Fsp3) is 0.375. The molecule has 0 saturated heterocycles. The summed E-state index contributed by atoms with van der Waals surface area (Å²) in [5.41, 5.74) is 5.72. The highest BCUT2D eigenvalue weighted by atomic mass is 32.2. The van der Waals surface area contributed by atoms with Crippen molar-refractivity contribution in [1.82, 2.24) is 9.97 Å². The highest BCUT2D eigenvalue weighted by Gasteiger charge is 2.01. The standard InChI is InChI=1S/C8H12N4OS/c1-2-3-14-7-5-10-6(4-11-7)8(9)12-13/h4-5,13H,2-3H2,1H3,(H2,9,12). The molecule has 1 rings (SSSR count). The molecule has 1 aromatic rings. The average molecular weight is 212 g/mol. The molecule has 76 valence electrons. The van der Waals surface area contributed by atoms with Gasteiger partial charge in [-0.15, -0.1) is 11.8 Å². The van der Waals surface area contributed by atoms with E-state index >= 15 is 0 Å². The molecule has 3 N–H and O–H groups in total. The van der Waals surface area contributed by atoms with Crippen LogP contribution in [0.5, 0.6) is 0 Å². The number of oxime groups is 1. The van der Waals surface area contributed by atoms with Gasteiger partial charge < -0.3 is 10.9 Å². The zero-order valence-corrected chi connectivity index (χ0v) is 8.66. The van der Waals surface area contributed by atoms with Gasteiger partial charge in [0.05, 0.1) is 12.4 Å². The molecule has 0 spiro atoms. The average Bonchev–Trinajstić information content (AvgIpc) is 2.26. The van der Waals surface area contributed by atoms with Gasteiger partial charge in [-0.1, -0.05) is 12.1 Å². The summed E-state index contributed by atoms with van der Waals surface area (Å²) in [6, 6.07) is 0. The fourth-order valence-corrected chi connectivity index (χ4v) is 1.45. The van der Waals surface area contributed by atoms with Crippen LogP contribution in [0.25, 0.3) is 0 Å². The molecule has 1 aromatic heterocycles. The minimum atomic E-state index is -0.0236. The third-order valence-electron chi connectivity index (χ3n) is 1.45. The van der Waals surface area contributed by atoms with E-state index in [9.17, 15) is 0 Å². The lowest BCUT2D eigenvalue weighted by atomic mass is 10.4. The third kappa shape index (κ3) is 2.88. The van der Waals surface area contributed by atoms with Crippen LogP contribution in [0.3, 0.4) is 0 Å². The van der Waals surface area contributed by atoms with Crippen LogP contribution in [0.15, 0.2) is 22.6 Å². The first-order valence-electron chi connectivity index (χ1n) is 4.20. The van der Waals surface area contributed by atoms with E-state index in [1.807, 2.05) is 0 Å². The van der Waals surface area contributed by atoms with E-state index in [1.54, 1.807) is 18.0 Å². The predicted octanol–water partition coefficient (Wildman–Crippen LogP) is 1.07. The van der Waals surface area contributed by atoms with Gasteiger partial charge in [-0.2, -0.15) is 0 Å². The highest BCUT2D eigenvalue weighted by Crippen LogP contribution is 2.14. The van der Waals surface area contributed by atoms with Crippen molar-refractivity contribution in [2.24, 2.45) is 10.9 Å². The lowest BCUT2D eigenvalue weighted by Gasteiger charge is -1.99. The molecular weight excluding hydrogens is 200 g/mol. The minimum Gasteiger partial charge on any atom is -0.409 e. The van der Waals surface area contributed by atoms with Gasteiger partial charge in [0.25, 0.3) is 0 Å². The Morgan fingerprint density at radius 1 is 1.57 bits per heavy atom. The largest absolute Gasteiger partial charge is 0.409 e. The monoisotopic (exact) mass is 212 g/mol. The van der Waals surface area contributed by atoms with Crippen molar-refractivity contribution < 1.29 is 5.21 Å². The number of hydrogen-bond donors (Lipinski definition) is 2. The van der Waals surface area contributed by atoms with Crippen molar-refractivity contribution in [3.63, 3.8) is 0 Å². The van der Waals surface area contributed by atoms with E-state index in [1.165, 1.54) is 6.20 Å². The molecule has 0 atom stereocenters. The molecule has 0 amide bonds. The molecule has 0 aliphatic heterocycles. The summed E-state index contributed by atoms with van der Waals surface area (Å²) in [4.78, 5) is 8.12. The van der Waals surface area contributed by atoms with Crippen molar-refractivity contribution in [3.8, 4) is 0 Å². The second-order valence-corrected chi connectivity index (χ2v) is 3.69. The first-order valence-corrected chi connectivity index (χ1v) is 5.19. The Hall–Kier alpha value is -1.30. The molecule has 0 unspecified atom stereocenters. The van der Waals surface area contributed by atoms with Crippen molar-refractivity contribution in [2.45, 2.75) is 18.4 Å². The number of rotatable bonds is 4. The summed E-state index contributed by atoms with van der Waals surface area (Å²) >= 11 is 1.63. The van der Waals surface area contributed by atoms with E-state index < -0.39 is 0 Å². The summed E-state index contributed by atoms with van der Waals surface area (Å²) in [5, 5.41) is 12.1. The molecule has 1 heterocycles. The molecular formula is C8H12N4OS. The third-order valence-corrected chi connectivity index (χ3v) is 2.57. The summed E-state index contributed by atoms with van der Waals surface area (Å²) in [7, 11) is 0. The van der Waals surface area contributed by atoms with Gasteiger partial charge in [0.1, 0.15) is 10.7 Å². The fourth-order valence-electron chi connectivity index (χ4n) is 0.781. The van der Waals surface area contributed by atoms with Crippen molar-refractivity contribution in [1.29, 1.82) is 0 Å². The minimum absolute atomic E-state index is 0.0236. The molecule has 0 radical (unpaired) electrons. The van der Waals surface area contributed by atoms with Crippen LogP contribution in [0.1, 0.15) is 19.0 Å². The van der Waals surface area contributed by atoms with Crippen molar-refractivity contribution >= 4 is 17.6 Å². The second kappa shape index (κ2) is 5.43. The zero-order chi connectivity index (χ0) is 10.4. The van der Waals surface area contributed by atoms with Gasteiger partial charge in [0, 0.05) is 0 Å². The van der Waals surface area contributed by atoms with Gasteiger partial charge in [0.2, 0.25) is 0 Å². The van der Waals surface area contributed by atoms with Gasteiger partial charge in [-0.3, -0.25) is 0 Å². The molecule has 5 nitrogen and oxygen atoms in total. The van der Waals surface area contributed by atoms with Crippen LogP contribution >= 0.6 is 11.8 Å². The Kier molecular flexibility index (Phi) is 4.18. The van der Waals surface area contributed by atoms with E-state index in [4.69, 9.17) is 10.9 Å². The molecule has 0 aliphatic carbocycles. The lowest BCUT2D eigenvalue weighted by molar-refractivity contribution is 0.318. The van der Waals surface area contributed by atoms with Gasteiger partial charge >= 0.3 is 0 Å². The van der Waals surface area contributed by atoms with E-state index in [-0.39, 0.29) is 5.84 Å². The van der Waals surface area contributed by atoms with E-state index in [0.717, 1.165) is 17.2 Å². The maximum absolute atomic E-state index is 8.39. The SMILES string of the molecule is CCCSc1cnc(C(N)=NO)cn1.